The van der Waals surface area contributed by atoms with Crippen molar-refractivity contribution in [1.29, 1.82) is 0 Å². The van der Waals surface area contributed by atoms with Gasteiger partial charge in [-0.25, -0.2) is 9.78 Å². The van der Waals surface area contributed by atoms with Gasteiger partial charge in [-0.1, -0.05) is 60.5 Å². The smallest absolute Gasteiger partial charge is 0.336 e. The van der Waals surface area contributed by atoms with E-state index in [1.165, 1.54) is 0 Å². The highest BCUT2D eigenvalue weighted by atomic mass is 35.5. The van der Waals surface area contributed by atoms with Crippen LogP contribution in [0.1, 0.15) is 34.1 Å². The number of aromatic nitrogens is 1. The Morgan fingerprint density at radius 3 is 2.71 bits per heavy atom. The van der Waals surface area contributed by atoms with Gasteiger partial charge in [-0.3, -0.25) is 4.90 Å². The van der Waals surface area contributed by atoms with Crippen LogP contribution in [0.3, 0.4) is 0 Å². The number of hydrogen-bond donors (Lipinski definition) is 1. The van der Waals surface area contributed by atoms with Crippen molar-refractivity contribution >= 4 is 51.7 Å². The molecule has 0 bridgehead atoms. The van der Waals surface area contributed by atoms with Crippen LogP contribution < -0.4 is 0 Å². The Labute approximate surface area is 173 Å². The number of aromatic carboxylic acids is 1. The number of hydrogen-bond acceptors (Lipinski definition) is 3. The van der Waals surface area contributed by atoms with Crippen molar-refractivity contribution in [2.24, 2.45) is 0 Å². The van der Waals surface area contributed by atoms with Gasteiger partial charge in [0.2, 0.25) is 0 Å². The Kier molecular flexibility index (Phi) is 5.11. The standard InChI is InChI=1S/C22H18Cl2N2O2/c1-2-26-11-14(10-13-6-5-8-17(23)20(13)24)21-16(12-26)19(22(27)28)15-7-3-4-9-18(15)25-21/h3-10H,2,11-12H2,1H3,(H,27,28). The molecule has 28 heavy (non-hydrogen) atoms. The first-order valence-electron chi connectivity index (χ1n) is 9.01. The number of fused-ring (bicyclic) bond motifs is 2. The number of carboxylic acid groups (broad SMARTS) is 1. The maximum absolute atomic E-state index is 12.1. The fourth-order valence-electron chi connectivity index (χ4n) is 3.67. The summed E-state index contributed by atoms with van der Waals surface area (Å²) in [5.74, 6) is -0.937. The average Bonchev–Trinajstić information content (AvgIpc) is 2.69. The first-order valence-corrected chi connectivity index (χ1v) is 9.77. The molecule has 0 atom stereocenters. The molecule has 0 aliphatic carbocycles. The third-order valence-corrected chi connectivity index (χ3v) is 5.88. The average molecular weight is 413 g/mol. The van der Waals surface area contributed by atoms with Crippen molar-refractivity contribution in [3.8, 4) is 0 Å². The van der Waals surface area contributed by atoms with Gasteiger partial charge in [-0.2, -0.15) is 0 Å². The molecule has 0 spiro atoms. The normalized spacial score (nSPS) is 15.8. The topological polar surface area (TPSA) is 53.4 Å². The minimum atomic E-state index is -0.937. The molecule has 0 saturated carbocycles. The van der Waals surface area contributed by atoms with Gasteiger partial charge in [0.15, 0.2) is 0 Å². The van der Waals surface area contributed by atoms with E-state index in [1.807, 2.05) is 42.5 Å². The molecule has 6 heteroatoms. The van der Waals surface area contributed by atoms with Gasteiger partial charge >= 0.3 is 5.97 Å². The molecule has 0 saturated heterocycles. The highest BCUT2D eigenvalue weighted by Crippen LogP contribution is 2.35. The van der Waals surface area contributed by atoms with Crippen molar-refractivity contribution in [2.75, 3.05) is 13.1 Å². The number of carbonyl (C=O) groups is 1. The molecule has 3 aromatic rings. The second kappa shape index (κ2) is 7.55. The summed E-state index contributed by atoms with van der Waals surface area (Å²) in [5, 5.41) is 11.6. The number of carboxylic acids is 1. The number of para-hydroxylation sites is 1. The Morgan fingerprint density at radius 1 is 1.18 bits per heavy atom. The lowest BCUT2D eigenvalue weighted by atomic mass is 9.92. The molecule has 142 valence electrons. The maximum Gasteiger partial charge on any atom is 0.336 e. The van der Waals surface area contributed by atoms with Gasteiger partial charge in [-0.05, 0) is 35.9 Å². The van der Waals surface area contributed by atoms with Gasteiger partial charge < -0.3 is 5.11 Å². The number of likely N-dealkylation sites (N-methyl/N-ethyl adjacent to an activating group) is 1. The number of rotatable bonds is 3. The third kappa shape index (κ3) is 3.28. The summed E-state index contributed by atoms with van der Waals surface area (Å²) in [4.78, 5) is 19.2. The van der Waals surface area contributed by atoms with Crippen molar-refractivity contribution in [1.82, 2.24) is 9.88 Å². The molecule has 2 heterocycles. The quantitative estimate of drug-likeness (QED) is 0.606. The molecule has 1 aromatic heterocycles. The lowest BCUT2D eigenvalue weighted by Gasteiger charge is -2.30. The van der Waals surface area contributed by atoms with E-state index >= 15 is 0 Å². The number of nitrogens with zero attached hydrogens (tertiary/aromatic N) is 2. The second-order valence-electron chi connectivity index (χ2n) is 6.75. The summed E-state index contributed by atoms with van der Waals surface area (Å²) in [7, 11) is 0. The fraction of sp³-hybridized carbons (Fsp3) is 0.182. The van der Waals surface area contributed by atoms with Crippen molar-refractivity contribution < 1.29 is 9.90 Å². The Balaban J connectivity index is 2.01. The van der Waals surface area contributed by atoms with Gasteiger partial charge in [0.25, 0.3) is 0 Å². The zero-order chi connectivity index (χ0) is 19.8. The Morgan fingerprint density at radius 2 is 1.96 bits per heavy atom. The Bertz CT molecular complexity index is 1120. The van der Waals surface area contributed by atoms with E-state index in [9.17, 15) is 9.90 Å². The van der Waals surface area contributed by atoms with E-state index in [2.05, 4.69) is 11.8 Å². The van der Waals surface area contributed by atoms with E-state index in [0.29, 0.717) is 39.6 Å². The van der Waals surface area contributed by atoms with E-state index in [1.54, 1.807) is 6.07 Å². The molecule has 0 amide bonds. The highest BCUT2D eigenvalue weighted by Gasteiger charge is 2.28. The van der Waals surface area contributed by atoms with E-state index in [0.717, 1.165) is 28.9 Å². The van der Waals surface area contributed by atoms with Crippen LogP contribution in [0, 0.1) is 0 Å². The van der Waals surface area contributed by atoms with Gasteiger partial charge in [0.1, 0.15) is 0 Å². The highest BCUT2D eigenvalue weighted by molar-refractivity contribution is 6.43. The summed E-state index contributed by atoms with van der Waals surface area (Å²) >= 11 is 12.5. The van der Waals surface area contributed by atoms with Gasteiger partial charge in [-0.15, -0.1) is 0 Å². The van der Waals surface area contributed by atoms with Crippen LogP contribution in [0.15, 0.2) is 42.5 Å². The molecule has 4 nitrogen and oxygen atoms in total. The predicted octanol–water partition coefficient (Wildman–Crippen LogP) is 5.62. The summed E-state index contributed by atoms with van der Waals surface area (Å²) < 4.78 is 0. The molecular formula is C22H18Cl2N2O2. The van der Waals surface area contributed by atoms with Crippen LogP contribution in [0.5, 0.6) is 0 Å². The lowest BCUT2D eigenvalue weighted by molar-refractivity contribution is 0.0696. The van der Waals surface area contributed by atoms with Gasteiger partial charge in [0, 0.05) is 24.0 Å². The molecule has 0 unspecified atom stereocenters. The minimum Gasteiger partial charge on any atom is -0.478 e. The zero-order valence-corrected chi connectivity index (χ0v) is 16.8. The van der Waals surface area contributed by atoms with Crippen molar-refractivity contribution in [3.05, 3.63) is 74.9 Å². The van der Waals surface area contributed by atoms with E-state index in [-0.39, 0.29) is 0 Å². The van der Waals surface area contributed by atoms with Crippen molar-refractivity contribution in [3.63, 3.8) is 0 Å². The Hall–Kier alpha value is -2.40. The first kappa shape index (κ1) is 18.9. The summed E-state index contributed by atoms with van der Waals surface area (Å²) in [6, 6.07) is 12.8. The number of pyridine rings is 1. The molecular weight excluding hydrogens is 395 g/mol. The van der Waals surface area contributed by atoms with Crippen LogP contribution in [0.25, 0.3) is 22.6 Å². The summed E-state index contributed by atoms with van der Waals surface area (Å²) in [5.41, 5.74) is 4.18. The van der Waals surface area contributed by atoms with Gasteiger partial charge in [0.05, 0.1) is 26.8 Å². The molecule has 0 radical (unpaired) electrons. The van der Waals surface area contributed by atoms with Crippen LogP contribution in [-0.2, 0) is 6.54 Å². The SMILES string of the molecule is CCN1CC(=Cc2cccc(Cl)c2Cl)c2nc3ccccc3c(C(=O)O)c2C1. The predicted molar refractivity (Wildman–Crippen MR) is 114 cm³/mol. The summed E-state index contributed by atoms with van der Waals surface area (Å²) in [6.07, 6.45) is 1.96. The van der Waals surface area contributed by atoms with Crippen LogP contribution in [0.4, 0.5) is 0 Å². The van der Waals surface area contributed by atoms with Crippen LogP contribution in [0.2, 0.25) is 10.0 Å². The molecule has 0 fully saturated rings. The number of halogens is 2. The number of benzene rings is 2. The minimum absolute atomic E-state index is 0.321. The van der Waals surface area contributed by atoms with Crippen LogP contribution in [-0.4, -0.2) is 34.0 Å². The first-order chi connectivity index (χ1) is 13.5. The fourth-order valence-corrected chi connectivity index (χ4v) is 4.03. The monoisotopic (exact) mass is 412 g/mol. The van der Waals surface area contributed by atoms with Crippen molar-refractivity contribution in [2.45, 2.75) is 13.5 Å². The van der Waals surface area contributed by atoms with E-state index < -0.39 is 5.97 Å². The largest absolute Gasteiger partial charge is 0.478 e. The lowest BCUT2D eigenvalue weighted by Crippen LogP contribution is -2.31. The molecule has 1 aliphatic rings. The summed E-state index contributed by atoms with van der Waals surface area (Å²) in [6.45, 7) is 4.07. The molecule has 1 aliphatic heterocycles. The maximum atomic E-state index is 12.1. The molecule has 2 aromatic carbocycles. The zero-order valence-electron chi connectivity index (χ0n) is 15.2. The van der Waals surface area contributed by atoms with Crippen LogP contribution >= 0.6 is 23.2 Å². The third-order valence-electron chi connectivity index (χ3n) is 5.05. The molecule has 1 N–H and O–H groups in total. The van der Waals surface area contributed by atoms with E-state index in [4.69, 9.17) is 28.2 Å². The second-order valence-corrected chi connectivity index (χ2v) is 7.54. The molecule has 4 rings (SSSR count).